The highest BCUT2D eigenvalue weighted by Gasteiger charge is 2.12. The van der Waals surface area contributed by atoms with Crippen molar-refractivity contribution in [1.82, 2.24) is 0 Å². The number of hydrogen-bond donors (Lipinski definition) is 0. The molecule has 0 aliphatic rings. The van der Waals surface area contributed by atoms with Gasteiger partial charge in [-0.25, -0.2) is 0 Å². The highest BCUT2D eigenvalue weighted by atomic mass is 27.2. The summed E-state index contributed by atoms with van der Waals surface area (Å²) in [6.07, 6.45) is 5.78. The van der Waals surface area contributed by atoms with Crippen molar-refractivity contribution in [2.45, 2.75) is 69.2 Å². The van der Waals surface area contributed by atoms with Gasteiger partial charge in [-0.05, 0) is 5.92 Å². The Morgan fingerprint density at radius 3 is 2.08 bits per heavy atom. The predicted octanol–water partition coefficient (Wildman–Crippen LogP) is 4.74. The summed E-state index contributed by atoms with van der Waals surface area (Å²) in [5, 5.41) is 4.62. The van der Waals surface area contributed by atoms with Crippen molar-refractivity contribution in [1.29, 1.82) is 0 Å². The topological polar surface area (TPSA) is 0 Å². The van der Waals surface area contributed by atoms with E-state index in [0.29, 0.717) is 0 Å². The Labute approximate surface area is 89.5 Å². The monoisotopic (exact) mass is 198 g/mol. The van der Waals surface area contributed by atoms with Crippen LogP contribution < -0.4 is 0 Å². The van der Waals surface area contributed by atoms with Gasteiger partial charge in [-0.2, -0.15) is 0 Å². The van der Waals surface area contributed by atoms with Crippen LogP contribution in [0.4, 0.5) is 0 Å². The number of unbranched alkanes of at least 4 members (excludes halogenated alkanes) is 1. The fourth-order valence-electron chi connectivity index (χ4n) is 1.91. The normalized spacial score (nSPS) is 12.9. The first-order chi connectivity index (χ1) is 6.24. The van der Waals surface area contributed by atoms with Crippen LogP contribution in [-0.2, 0) is 0 Å². The fraction of sp³-hybridized carbons (Fsp3) is 1.00. The summed E-state index contributed by atoms with van der Waals surface area (Å²) in [5.41, 5.74) is 0. The molecule has 0 aliphatic carbocycles. The maximum absolute atomic E-state index is 2.44. The van der Waals surface area contributed by atoms with Crippen LogP contribution in [0.2, 0.25) is 15.8 Å². The van der Waals surface area contributed by atoms with Gasteiger partial charge in [-0.15, -0.1) is 0 Å². The number of rotatable bonds is 8. The van der Waals surface area contributed by atoms with Gasteiger partial charge in [0.1, 0.15) is 0 Å². The molecule has 0 rings (SSSR count). The third-order valence-electron chi connectivity index (χ3n) is 3.27. The smallest absolute Gasteiger partial charge is 0.0967 e. The number of hydrogen-bond acceptors (Lipinski definition) is 0. The van der Waals surface area contributed by atoms with Crippen LogP contribution in [0.5, 0.6) is 0 Å². The molecule has 0 aromatic heterocycles. The molecule has 1 unspecified atom stereocenters. The molecule has 0 radical (unpaired) electrons. The zero-order valence-electron chi connectivity index (χ0n) is 10.1. The van der Waals surface area contributed by atoms with Crippen LogP contribution in [-0.4, -0.2) is 14.1 Å². The zero-order valence-corrected chi connectivity index (χ0v) is 11.3. The highest BCUT2D eigenvalue weighted by Crippen LogP contribution is 2.17. The zero-order chi connectivity index (χ0) is 10.1. The molecule has 0 saturated carbocycles. The van der Waals surface area contributed by atoms with Gasteiger partial charge in [0.25, 0.3) is 14.1 Å². The average molecular weight is 198 g/mol. The molecule has 0 fully saturated rings. The summed E-state index contributed by atoms with van der Waals surface area (Å²) in [7, 11) is 0. The van der Waals surface area contributed by atoms with E-state index in [1.807, 2.05) is 0 Å². The average Bonchev–Trinajstić information content (AvgIpc) is 2.16. The molecular formula is C12H27Al. The molecule has 0 bridgehead atoms. The van der Waals surface area contributed by atoms with E-state index in [0.717, 1.165) is 5.92 Å². The molecule has 0 aromatic carbocycles. The van der Waals surface area contributed by atoms with Crippen LogP contribution in [0.1, 0.15) is 53.4 Å². The molecular weight excluding hydrogens is 171 g/mol. The maximum atomic E-state index is 2.44. The minimum atomic E-state index is -0.282. The maximum Gasteiger partial charge on any atom is 0.261 e. The fourth-order valence-corrected chi connectivity index (χ4v) is 4.35. The summed E-state index contributed by atoms with van der Waals surface area (Å²) in [5.74, 6) is 0.994. The van der Waals surface area contributed by atoms with Crippen LogP contribution in [0, 0.1) is 5.92 Å². The standard InChI is InChI=1S/C8H17.2C2H5.Al/c1-4-6-7-8(3)5-2;2*1-2;/h8H,2,4-7H2,1,3H3;2*1H2,2H3;. The summed E-state index contributed by atoms with van der Waals surface area (Å²) < 4.78 is 0. The van der Waals surface area contributed by atoms with E-state index in [-0.39, 0.29) is 14.1 Å². The first-order valence-corrected chi connectivity index (χ1v) is 8.69. The lowest BCUT2D eigenvalue weighted by Gasteiger charge is -2.12. The van der Waals surface area contributed by atoms with Crippen LogP contribution in [0.15, 0.2) is 0 Å². The molecule has 1 atom stereocenters. The molecule has 0 spiro atoms. The Morgan fingerprint density at radius 2 is 1.62 bits per heavy atom. The first kappa shape index (κ1) is 13.5. The van der Waals surface area contributed by atoms with E-state index in [4.69, 9.17) is 0 Å². The Morgan fingerprint density at radius 1 is 1.00 bits per heavy atom. The minimum absolute atomic E-state index is 0.282. The van der Waals surface area contributed by atoms with Crippen LogP contribution >= 0.6 is 0 Å². The molecule has 78 valence electrons. The molecule has 0 N–H and O–H groups in total. The second kappa shape index (κ2) is 9.10. The van der Waals surface area contributed by atoms with Crippen molar-refractivity contribution in [2.24, 2.45) is 5.92 Å². The van der Waals surface area contributed by atoms with E-state index < -0.39 is 0 Å². The van der Waals surface area contributed by atoms with Crippen LogP contribution in [0.25, 0.3) is 0 Å². The molecule has 0 nitrogen and oxygen atoms in total. The SMILES string of the molecule is CCCCC(C)C[CH2][Al]([CH2]C)[CH2]C. The van der Waals surface area contributed by atoms with Gasteiger partial charge in [0.05, 0.1) is 0 Å². The molecule has 1 heteroatoms. The van der Waals surface area contributed by atoms with E-state index >= 15 is 0 Å². The van der Waals surface area contributed by atoms with E-state index in [2.05, 4.69) is 27.7 Å². The Balaban J connectivity index is 3.38. The van der Waals surface area contributed by atoms with Crippen molar-refractivity contribution >= 4 is 14.1 Å². The highest BCUT2D eigenvalue weighted by molar-refractivity contribution is 6.58. The van der Waals surface area contributed by atoms with Gasteiger partial charge in [0.15, 0.2) is 0 Å². The molecule has 0 aromatic rings. The van der Waals surface area contributed by atoms with Gasteiger partial charge in [0.2, 0.25) is 0 Å². The molecule has 0 saturated heterocycles. The Hall–Kier alpha value is 0.532. The predicted molar refractivity (Wildman–Crippen MR) is 64.8 cm³/mol. The third-order valence-corrected chi connectivity index (χ3v) is 6.73. The molecule has 0 amide bonds. The van der Waals surface area contributed by atoms with E-state index in [1.165, 1.54) is 36.2 Å². The van der Waals surface area contributed by atoms with Gasteiger partial charge in [-0.3, -0.25) is 0 Å². The lowest BCUT2D eigenvalue weighted by Crippen LogP contribution is -2.10. The van der Waals surface area contributed by atoms with Gasteiger partial charge in [-0.1, -0.05) is 69.2 Å². The second-order valence-corrected chi connectivity index (χ2v) is 8.45. The molecule has 0 heterocycles. The van der Waals surface area contributed by atoms with Crippen molar-refractivity contribution < 1.29 is 0 Å². The van der Waals surface area contributed by atoms with Crippen molar-refractivity contribution in [3.05, 3.63) is 0 Å². The quantitative estimate of drug-likeness (QED) is 0.494. The largest absolute Gasteiger partial charge is 0.261 e. The first-order valence-electron chi connectivity index (χ1n) is 6.24. The summed E-state index contributed by atoms with van der Waals surface area (Å²) in [6.45, 7) is 9.50. The van der Waals surface area contributed by atoms with Crippen LogP contribution in [0.3, 0.4) is 0 Å². The van der Waals surface area contributed by atoms with E-state index in [9.17, 15) is 0 Å². The van der Waals surface area contributed by atoms with Crippen molar-refractivity contribution in [3.63, 3.8) is 0 Å². The molecule has 0 aliphatic heterocycles. The summed E-state index contributed by atoms with van der Waals surface area (Å²) >= 11 is -0.282. The minimum Gasteiger partial charge on any atom is -0.0967 e. The van der Waals surface area contributed by atoms with Gasteiger partial charge in [0, 0.05) is 0 Å². The lowest BCUT2D eigenvalue weighted by molar-refractivity contribution is 0.490. The lowest BCUT2D eigenvalue weighted by atomic mass is 10.0. The Bertz CT molecular complexity index is 97.3. The second-order valence-electron chi connectivity index (χ2n) is 4.51. The van der Waals surface area contributed by atoms with Gasteiger partial charge < -0.3 is 0 Å². The summed E-state index contributed by atoms with van der Waals surface area (Å²) in [6, 6.07) is 0. The summed E-state index contributed by atoms with van der Waals surface area (Å²) in [4.78, 5) is 0. The molecule has 13 heavy (non-hydrogen) atoms. The van der Waals surface area contributed by atoms with Crippen molar-refractivity contribution in [2.75, 3.05) is 0 Å². The van der Waals surface area contributed by atoms with Crippen molar-refractivity contribution in [3.8, 4) is 0 Å². The Kier molecular flexibility index (Phi) is 9.47. The van der Waals surface area contributed by atoms with E-state index in [1.54, 1.807) is 5.28 Å². The third kappa shape index (κ3) is 7.59. The van der Waals surface area contributed by atoms with Gasteiger partial charge >= 0.3 is 0 Å².